The highest BCUT2D eigenvalue weighted by atomic mass is 16.5. The van der Waals surface area contributed by atoms with Crippen LogP contribution in [0.2, 0.25) is 0 Å². The van der Waals surface area contributed by atoms with Gasteiger partial charge < -0.3 is 19.6 Å². The summed E-state index contributed by atoms with van der Waals surface area (Å²) in [6.07, 6.45) is 0. The lowest BCUT2D eigenvalue weighted by molar-refractivity contribution is -0.140. The van der Waals surface area contributed by atoms with E-state index >= 15 is 0 Å². The van der Waals surface area contributed by atoms with Crippen LogP contribution in [0.3, 0.4) is 0 Å². The summed E-state index contributed by atoms with van der Waals surface area (Å²) >= 11 is 0. The largest absolute Gasteiger partial charge is 0.507 e. The summed E-state index contributed by atoms with van der Waals surface area (Å²) in [5, 5.41) is 11.4. The van der Waals surface area contributed by atoms with Crippen molar-refractivity contribution in [2.75, 3.05) is 25.1 Å². The van der Waals surface area contributed by atoms with Crippen LogP contribution >= 0.6 is 0 Å². The molecule has 192 valence electrons. The minimum atomic E-state index is -0.725. The number of Topliss-reactive ketones (excluding diaryl/α,β-unsaturated/α-hetero) is 1. The van der Waals surface area contributed by atoms with E-state index in [0.717, 1.165) is 41.0 Å². The van der Waals surface area contributed by atoms with Gasteiger partial charge in [0, 0.05) is 30.9 Å². The molecule has 3 aromatic rings. The lowest BCUT2D eigenvalue weighted by Crippen LogP contribution is -2.29. The maximum absolute atomic E-state index is 13.4. The maximum Gasteiger partial charge on any atom is 0.295 e. The van der Waals surface area contributed by atoms with Crippen LogP contribution in [-0.2, 0) is 16.1 Å². The number of aliphatic hydroxyl groups excluding tert-OH is 1. The van der Waals surface area contributed by atoms with Crippen molar-refractivity contribution in [1.82, 2.24) is 4.90 Å². The van der Waals surface area contributed by atoms with E-state index in [1.165, 1.54) is 0 Å². The van der Waals surface area contributed by atoms with E-state index in [2.05, 4.69) is 18.7 Å². The van der Waals surface area contributed by atoms with E-state index < -0.39 is 17.7 Å². The summed E-state index contributed by atoms with van der Waals surface area (Å²) < 4.78 is 5.31. The van der Waals surface area contributed by atoms with Gasteiger partial charge in [-0.2, -0.15) is 0 Å². The Bertz CT molecular complexity index is 1340. The molecular formula is C31H34N2O4. The molecule has 0 saturated carbocycles. The molecule has 1 N–H and O–H groups in total. The quantitative estimate of drug-likeness (QED) is 0.242. The van der Waals surface area contributed by atoms with Crippen molar-refractivity contribution in [1.29, 1.82) is 0 Å². The maximum atomic E-state index is 13.4. The number of methoxy groups -OCH3 is 1. The van der Waals surface area contributed by atoms with Crippen molar-refractivity contribution in [3.05, 3.63) is 100 Å². The highest BCUT2D eigenvalue weighted by Crippen LogP contribution is 2.41. The third-order valence-electron chi connectivity index (χ3n) is 7.07. The standard InChI is InChI=1S/C31H34N2O4/c1-6-32(7-2)25-15-13-22(14-16-25)28-27(29(34)23-9-8-10-26(18-23)37-5)30(35)31(36)33(28)19-24-17-20(3)11-12-21(24)4/h8-18,28,34H,6-7,19H2,1-5H3/b29-27-. The fraction of sp³-hybridized carbons (Fsp3) is 0.290. The van der Waals surface area contributed by atoms with Crippen LogP contribution in [-0.4, -0.2) is 41.9 Å². The molecule has 1 saturated heterocycles. The number of likely N-dealkylation sites (tertiary alicyclic amines) is 1. The Morgan fingerprint density at radius 1 is 0.973 bits per heavy atom. The van der Waals surface area contributed by atoms with Crippen LogP contribution in [0, 0.1) is 13.8 Å². The fourth-order valence-corrected chi connectivity index (χ4v) is 4.93. The third-order valence-corrected chi connectivity index (χ3v) is 7.07. The molecule has 1 atom stereocenters. The number of hydrogen-bond donors (Lipinski definition) is 1. The second-order valence-electron chi connectivity index (χ2n) is 9.35. The SMILES string of the molecule is CCN(CC)c1ccc(C2/C(=C(/O)c3cccc(OC)c3)C(=O)C(=O)N2Cc2cc(C)ccc2C)cc1. The molecule has 1 fully saturated rings. The van der Waals surface area contributed by atoms with Gasteiger partial charge in [0.1, 0.15) is 11.5 Å². The lowest BCUT2D eigenvalue weighted by atomic mass is 9.94. The normalized spacial score (nSPS) is 16.8. The smallest absolute Gasteiger partial charge is 0.295 e. The van der Waals surface area contributed by atoms with Crippen molar-refractivity contribution in [2.45, 2.75) is 40.3 Å². The van der Waals surface area contributed by atoms with E-state index in [0.29, 0.717) is 11.3 Å². The number of ether oxygens (including phenoxy) is 1. The average molecular weight is 499 g/mol. The van der Waals surface area contributed by atoms with Gasteiger partial charge in [0.2, 0.25) is 0 Å². The van der Waals surface area contributed by atoms with Crippen molar-refractivity contribution >= 4 is 23.1 Å². The number of aliphatic hydroxyl groups is 1. The van der Waals surface area contributed by atoms with Gasteiger partial charge >= 0.3 is 0 Å². The highest BCUT2D eigenvalue weighted by molar-refractivity contribution is 6.46. The van der Waals surface area contributed by atoms with Crippen molar-refractivity contribution in [3.63, 3.8) is 0 Å². The molecule has 0 spiro atoms. The van der Waals surface area contributed by atoms with Crippen LogP contribution in [0.4, 0.5) is 5.69 Å². The van der Waals surface area contributed by atoms with Gasteiger partial charge in [0.05, 0.1) is 18.7 Å². The monoisotopic (exact) mass is 498 g/mol. The first kappa shape index (κ1) is 26.0. The molecule has 0 aromatic heterocycles. The molecule has 3 aromatic carbocycles. The van der Waals surface area contributed by atoms with Gasteiger partial charge in [-0.15, -0.1) is 0 Å². The number of anilines is 1. The number of ketones is 1. The van der Waals surface area contributed by atoms with Crippen LogP contribution in [0.5, 0.6) is 5.75 Å². The fourth-order valence-electron chi connectivity index (χ4n) is 4.93. The molecule has 1 amide bonds. The molecule has 1 aliphatic heterocycles. The number of amides is 1. The Balaban J connectivity index is 1.86. The second kappa shape index (κ2) is 10.9. The van der Waals surface area contributed by atoms with Gasteiger partial charge in [0.25, 0.3) is 11.7 Å². The summed E-state index contributed by atoms with van der Waals surface area (Å²) in [5.41, 5.74) is 5.42. The van der Waals surface area contributed by atoms with Gasteiger partial charge in [-0.1, -0.05) is 48.0 Å². The summed E-state index contributed by atoms with van der Waals surface area (Å²) in [7, 11) is 1.54. The van der Waals surface area contributed by atoms with Crippen molar-refractivity contribution in [2.24, 2.45) is 0 Å². The summed E-state index contributed by atoms with van der Waals surface area (Å²) in [4.78, 5) is 30.7. The van der Waals surface area contributed by atoms with Crippen LogP contribution in [0.1, 0.15) is 47.7 Å². The Hall–Kier alpha value is -4.06. The number of nitrogens with zero attached hydrogens (tertiary/aromatic N) is 2. The average Bonchev–Trinajstić information content (AvgIpc) is 3.16. The number of carbonyl (C=O) groups excluding carboxylic acids is 2. The molecule has 4 rings (SSSR count). The van der Waals surface area contributed by atoms with Gasteiger partial charge in [-0.05, 0) is 68.7 Å². The molecule has 6 heteroatoms. The summed E-state index contributed by atoms with van der Waals surface area (Å²) in [6, 6.07) is 20.1. The van der Waals surface area contributed by atoms with E-state index in [-0.39, 0.29) is 17.9 Å². The Kier molecular flexibility index (Phi) is 7.67. The minimum Gasteiger partial charge on any atom is -0.507 e. The lowest BCUT2D eigenvalue weighted by Gasteiger charge is -2.27. The van der Waals surface area contributed by atoms with E-state index in [9.17, 15) is 14.7 Å². The van der Waals surface area contributed by atoms with E-state index in [1.54, 1.807) is 36.3 Å². The molecule has 1 unspecified atom stereocenters. The Labute approximate surface area is 218 Å². The number of carbonyl (C=O) groups is 2. The number of aryl methyl sites for hydroxylation is 2. The second-order valence-corrected chi connectivity index (χ2v) is 9.35. The van der Waals surface area contributed by atoms with E-state index in [4.69, 9.17) is 4.74 Å². The summed E-state index contributed by atoms with van der Waals surface area (Å²) in [6.45, 7) is 10.2. The van der Waals surface area contributed by atoms with Gasteiger partial charge in [-0.25, -0.2) is 0 Å². The zero-order chi connectivity index (χ0) is 26.7. The molecule has 1 aliphatic rings. The van der Waals surface area contributed by atoms with Crippen molar-refractivity contribution in [3.8, 4) is 5.75 Å². The van der Waals surface area contributed by atoms with Gasteiger partial charge in [-0.3, -0.25) is 9.59 Å². The number of benzene rings is 3. The zero-order valence-corrected chi connectivity index (χ0v) is 22.1. The predicted octanol–water partition coefficient (Wildman–Crippen LogP) is 5.78. The molecule has 0 radical (unpaired) electrons. The Morgan fingerprint density at radius 2 is 1.68 bits per heavy atom. The van der Waals surface area contributed by atoms with Crippen LogP contribution < -0.4 is 9.64 Å². The molecule has 0 aliphatic carbocycles. The van der Waals surface area contributed by atoms with Crippen LogP contribution in [0.15, 0.2) is 72.3 Å². The number of rotatable bonds is 8. The molecule has 37 heavy (non-hydrogen) atoms. The molecule has 6 nitrogen and oxygen atoms in total. The number of hydrogen-bond acceptors (Lipinski definition) is 5. The molecular weight excluding hydrogens is 464 g/mol. The minimum absolute atomic E-state index is 0.0825. The topological polar surface area (TPSA) is 70.1 Å². The predicted molar refractivity (Wildman–Crippen MR) is 147 cm³/mol. The first-order valence-corrected chi connectivity index (χ1v) is 12.6. The first-order chi connectivity index (χ1) is 17.8. The zero-order valence-electron chi connectivity index (χ0n) is 22.1. The molecule has 0 bridgehead atoms. The highest BCUT2D eigenvalue weighted by Gasteiger charge is 2.46. The third kappa shape index (κ3) is 5.10. The first-order valence-electron chi connectivity index (χ1n) is 12.6. The summed E-state index contributed by atoms with van der Waals surface area (Å²) in [5.74, 6) is -0.973. The van der Waals surface area contributed by atoms with Crippen molar-refractivity contribution < 1.29 is 19.4 Å². The van der Waals surface area contributed by atoms with Gasteiger partial charge in [0.15, 0.2) is 0 Å². The van der Waals surface area contributed by atoms with Crippen LogP contribution in [0.25, 0.3) is 5.76 Å². The Morgan fingerprint density at radius 3 is 2.32 bits per heavy atom. The van der Waals surface area contributed by atoms with E-state index in [1.807, 2.05) is 56.3 Å². The molecule has 1 heterocycles.